The van der Waals surface area contributed by atoms with Crippen molar-refractivity contribution in [2.24, 2.45) is 7.05 Å². The number of rotatable bonds is 9. The molecule has 0 saturated carbocycles. The first-order valence-corrected chi connectivity index (χ1v) is 14.4. The van der Waals surface area contributed by atoms with Crippen molar-refractivity contribution >= 4 is 28.5 Å². The summed E-state index contributed by atoms with van der Waals surface area (Å²) in [5, 5.41) is 4.24. The van der Waals surface area contributed by atoms with Crippen molar-refractivity contribution in [3.63, 3.8) is 0 Å². The summed E-state index contributed by atoms with van der Waals surface area (Å²) in [7, 11) is 1.77. The number of pyridine rings is 1. The predicted molar refractivity (Wildman–Crippen MR) is 159 cm³/mol. The smallest absolute Gasteiger partial charge is 0.274 e. The van der Waals surface area contributed by atoms with Crippen LogP contribution in [0.4, 0.5) is 5.69 Å². The summed E-state index contributed by atoms with van der Waals surface area (Å²) in [4.78, 5) is 15.7. The van der Waals surface area contributed by atoms with Gasteiger partial charge in [0.15, 0.2) is 0 Å². The third-order valence-electron chi connectivity index (χ3n) is 6.40. The second-order valence-corrected chi connectivity index (χ2v) is 10.1. The van der Waals surface area contributed by atoms with Gasteiger partial charge >= 0.3 is 0 Å². The van der Waals surface area contributed by atoms with Gasteiger partial charge in [-0.1, -0.05) is 44.9 Å². The number of fused-ring (bicyclic) bond motifs is 1. The van der Waals surface area contributed by atoms with Crippen LogP contribution in [-0.4, -0.2) is 34.5 Å². The van der Waals surface area contributed by atoms with Crippen molar-refractivity contribution in [1.82, 2.24) is 14.9 Å². The topological polar surface area (TPSA) is 80.3 Å². The molecule has 1 aliphatic heterocycles. The molecule has 2 aromatic heterocycles. The highest BCUT2D eigenvalue weighted by Gasteiger charge is 2.17. The van der Waals surface area contributed by atoms with Crippen molar-refractivity contribution in [1.29, 1.82) is 0 Å². The Labute approximate surface area is 229 Å². The highest BCUT2D eigenvalue weighted by Crippen LogP contribution is 2.38. The fourth-order valence-electron chi connectivity index (χ4n) is 4.53. The number of hydrogen-bond donors (Lipinski definition) is 3. The highest BCUT2D eigenvalue weighted by atomic mass is 32.2. The van der Waals surface area contributed by atoms with E-state index >= 15 is 0 Å². The van der Waals surface area contributed by atoms with Crippen LogP contribution in [0.5, 0.6) is 11.5 Å². The molecule has 4 aromatic rings. The molecule has 0 unspecified atom stereocenters. The summed E-state index contributed by atoms with van der Waals surface area (Å²) >= 11 is 1.63. The standard InChI is InChI=1S/C28H32N4O3S.C2H6/c1-3-36-31-20-7-8-26(24(16-20)25-17-32(2)28(33)27-23(25)11-14-30-27)35-22-6-4-5-19(15-22)18-34-21-9-12-29-13-10-21;1-2/h4-8,11,14-17,21,29-31H,3,9-10,12-13,18H2,1-2H3;1-2H3. The molecule has 202 valence electrons. The molecule has 1 saturated heterocycles. The average Bonchev–Trinajstić information content (AvgIpc) is 3.46. The van der Waals surface area contributed by atoms with Gasteiger partial charge in [0, 0.05) is 47.4 Å². The Kier molecular flexibility index (Phi) is 9.92. The monoisotopic (exact) mass is 534 g/mol. The van der Waals surface area contributed by atoms with Gasteiger partial charge in [0.25, 0.3) is 5.56 Å². The minimum atomic E-state index is -0.0570. The van der Waals surface area contributed by atoms with Gasteiger partial charge < -0.3 is 29.1 Å². The predicted octanol–water partition coefficient (Wildman–Crippen LogP) is 6.70. The van der Waals surface area contributed by atoms with Crippen LogP contribution in [0.15, 0.2) is 65.7 Å². The van der Waals surface area contributed by atoms with E-state index in [0.717, 1.165) is 70.9 Å². The molecule has 0 radical (unpaired) electrons. The van der Waals surface area contributed by atoms with Gasteiger partial charge in [0.1, 0.15) is 17.0 Å². The van der Waals surface area contributed by atoms with Crippen LogP contribution in [0.2, 0.25) is 0 Å². The molecule has 0 aliphatic carbocycles. The van der Waals surface area contributed by atoms with Crippen LogP contribution in [-0.2, 0) is 18.4 Å². The Morgan fingerprint density at radius 2 is 1.89 bits per heavy atom. The molecule has 2 aromatic carbocycles. The van der Waals surface area contributed by atoms with Crippen LogP contribution >= 0.6 is 11.9 Å². The Morgan fingerprint density at radius 3 is 2.68 bits per heavy atom. The molecule has 1 aliphatic rings. The number of aryl methyl sites for hydroxylation is 1. The number of nitrogens with zero attached hydrogens (tertiary/aromatic N) is 1. The minimum Gasteiger partial charge on any atom is -0.457 e. The van der Waals surface area contributed by atoms with Crippen molar-refractivity contribution in [2.45, 2.75) is 46.3 Å². The lowest BCUT2D eigenvalue weighted by atomic mass is 10.0. The maximum Gasteiger partial charge on any atom is 0.274 e. The van der Waals surface area contributed by atoms with E-state index in [1.165, 1.54) is 0 Å². The van der Waals surface area contributed by atoms with E-state index in [0.29, 0.717) is 18.2 Å². The molecular formula is C30H38N4O3S. The summed E-state index contributed by atoms with van der Waals surface area (Å²) < 4.78 is 17.6. The second kappa shape index (κ2) is 13.6. The molecule has 7 nitrogen and oxygen atoms in total. The Hall–Kier alpha value is -3.20. The maximum atomic E-state index is 12.6. The molecule has 1 fully saturated rings. The van der Waals surface area contributed by atoms with E-state index in [1.807, 2.05) is 56.4 Å². The molecule has 0 bridgehead atoms. The second-order valence-electron chi connectivity index (χ2n) is 8.98. The van der Waals surface area contributed by atoms with E-state index in [1.54, 1.807) is 29.8 Å². The molecule has 0 atom stereocenters. The van der Waals surface area contributed by atoms with E-state index < -0.39 is 0 Å². The van der Waals surface area contributed by atoms with Gasteiger partial charge in [-0.05, 0) is 67.9 Å². The minimum absolute atomic E-state index is 0.0570. The molecular weight excluding hydrogens is 496 g/mol. The number of aromatic amines is 1. The quantitative estimate of drug-likeness (QED) is 0.207. The largest absolute Gasteiger partial charge is 0.457 e. The molecule has 8 heteroatoms. The fourth-order valence-corrected chi connectivity index (χ4v) is 4.97. The van der Waals surface area contributed by atoms with Crippen molar-refractivity contribution < 1.29 is 9.47 Å². The summed E-state index contributed by atoms with van der Waals surface area (Å²) in [6.45, 7) is 8.69. The number of hydrogen-bond acceptors (Lipinski definition) is 6. The van der Waals surface area contributed by atoms with Crippen LogP contribution in [0.25, 0.3) is 22.0 Å². The SMILES string of the molecule is CC.CCSNc1ccc(Oc2cccc(COC3CCNCC3)c2)c(-c2cn(C)c(=O)c3[nH]ccc23)c1. The van der Waals surface area contributed by atoms with E-state index in [4.69, 9.17) is 9.47 Å². The lowest BCUT2D eigenvalue weighted by Crippen LogP contribution is -2.32. The molecule has 3 N–H and O–H groups in total. The van der Waals surface area contributed by atoms with E-state index in [-0.39, 0.29) is 5.56 Å². The molecule has 38 heavy (non-hydrogen) atoms. The first kappa shape index (κ1) is 27.8. The van der Waals surface area contributed by atoms with Gasteiger partial charge in [-0.25, -0.2) is 0 Å². The van der Waals surface area contributed by atoms with Crippen LogP contribution in [0.1, 0.15) is 39.2 Å². The lowest BCUT2D eigenvalue weighted by Gasteiger charge is -2.23. The number of H-pyrrole nitrogens is 1. The van der Waals surface area contributed by atoms with Gasteiger partial charge in [0.05, 0.1) is 12.7 Å². The number of piperidine rings is 1. The summed E-state index contributed by atoms with van der Waals surface area (Å²) in [6, 6.07) is 16.1. The van der Waals surface area contributed by atoms with Gasteiger partial charge in [0.2, 0.25) is 0 Å². The zero-order valence-corrected chi connectivity index (χ0v) is 23.5. The first-order valence-electron chi connectivity index (χ1n) is 13.4. The number of aromatic nitrogens is 2. The average molecular weight is 535 g/mol. The van der Waals surface area contributed by atoms with Crippen LogP contribution in [0.3, 0.4) is 0 Å². The van der Waals surface area contributed by atoms with E-state index in [9.17, 15) is 4.79 Å². The number of anilines is 1. The zero-order valence-electron chi connectivity index (χ0n) is 22.7. The molecule has 3 heterocycles. The van der Waals surface area contributed by atoms with Crippen molar-refractivity contribution in [2.75, 3.05) is 23.6 Å². The molecule has 0 spiro atoms. The number of ether oxygens (including phenoxy) is 2. The van der Waals surface area contributed by atoms with E-state index in [2.05, 4.69) is 34.1 Å². The summed E-state index contributed by atoms with van der Waals surface area (Å²) in [5.41, 5.74) is 4.43. The van der Waals surface area contributed by atoms with Gasteiger partial charge in [-0.15, -0.1) is 0 Å². The third-order valence-corrected chi connectivity index (χ3v) is 7.07. The molecule has 0 amide bonds. The zero-order chi connectivity index (χ0) is 26.9. The third kappa shape index (κ3) is 6.62. The normalized spacial score (nSPS) is 13.7. The van der Waals surface area contributed by atoms with Crippen molar-refractivity contribution in [3.05, 3.63) is 76.8 Å². The van der Waals surface area contributed by atoms with Gasteiger partial charge in [-0.3, -0.25) is 4.79 Å². The Balaban J connectivity index is 0.00000164. The van der Waals surface area contributed by atoms with Crippen LogP contribution < -0.4 is 20.3 Å². The number of benzene rings is 2. The van der Waals surface area contributed by atoms with Crippen molar-refractivity contribution in [3.8, 4) is 22.6 Å². The number of nitrogens with one attached hydrogen (secondary N) is 3. The lowest BCUT2D eigenvalue weighted by molar-refractivity contribution is 0.0212. The first-order chi connectivity index (χ1) is 18.6. The van der Waals surface area contributed by atoms with Gasteiger partial charge in [-0.2, -0.15) is 0 Å². The highest BCUT2D eigenvalue weighted by molar-refractivity contribution is 8.00. The molecule has 5 rings (SSSR count). The summed E-state index contributed by atoms with van der Waals surface area (Å²) in [6.07, 6.45) is 6.07. The fraction of sp³-hybridized carbons (Fsp3) is 0.367. The summed E-state index contributed by atoms with van der Waals surface area (Å²) in [5.74, 6) is 2.42. The Bertz CT molecular complexity index is 1390. The maximum absolute atomic E-state index is 12.6. The Morgan fingerprint density at radius 1 is 1.08 bits per heavy atom. The van der Waals surface area contributed by atoms with Crippen LogP contribution in [0, 0.1) is 0 Å².